The molecule has 2 aromatic rings. The van der Waals surface area contributed by atoms with Crippen molar-refractivity contribution in [2.24, 2.45) is 0 Å². The Labute approximate surface area is 125 Å². The van der Waals surface area contributed by atoms with E-state index in [1.54, 1.807) is 13.8 Å². The molecular weight excluding hydrogens is 264 g/mol. The van der Waals surface area contributed by atoms with Crippen molar-refractivity contribution in [1.29, 1.82) is 0 Å². The molecule has 1 aromatic carbocycles. The number of benzene rings is 1. The molecule has 0 amide bonds. The Balaban J connectivity index is 2.18. The first-order valence-electron chi connectivity index (χ1n) is 7.33. The smallest absolute Gasteiger partial charge is 0.253 e. The summed E-state index contributed by atoms with van der Waals surface area (Å²) in [7, 11) is 0. The zero-order chi connectivity index (χ0) is 15.4. The monoisotopic (exact) mass is 286 g/mol. The normalized spacial score (nSPS) is 12.4. The van der Waals surface area contributed by atoms with Gasteiger partial charge in [0.2, 0.25) is 0 Å². The van der Waals surface area contributed by atoms with Gasteiger partial charge in [0.25, 0.3) is 5.56 Å². The minimum Gasteiger partial charge on any atom is -0.387 e. The first-order chi connectivity index (χ1) is 10.0. The first kappa shape index (κ1) is 15.4. The van der Waals surface area contributed by atoms with E-state index in [0.29, 0.717) is 11.5 Å². The molecule has 21 heavy (non-hydrogen) atoms. The highest BCUT2D eigenvalue weighted by atomic mass is 16.3. The molecule has 2 rings (SSSR count). The van der Waals surface area contributed by atoms with E-state index in [1.165, 1.54) is 16.2 Å². The van der Waals surface area contributed by atoms with Crippen molar-refractivity contribution < 1.29 is 5.11 Å². The molecule has 0 aliphatic heterocycles. The molecule has 1 atom stereocenters. The Hall–Kier alpha value is -1.94. The third-order valence-electron chi connectivity index (χ3n) is 3.59. The van der Waals surface area contributed by atoms with Crippen LogP contribution in [0.15, 0.2) is 35.1 Å². The third kappa shape index (κ3) is 3.79. The van der Waals surface area contributed by atoms with E-state index < -0.39 is 6.10 Å². The highest BCUT2D eigenvalue weighted by Gasteiger charge is 2.11. The van der Waals surface area contributed by atoms with Crippen LogP contribution in [0.4, 0.5) is 0 Å². The largest absolute Gasteiger partial charge is 0.387 e. The molecule has 1 unspecified atom stereocenters. The van der Waals surface area contributed by atoms with Crippen LogP contribution < -0.4 is 5.56 Å². The lowest BCUT2D eigenvalue weighted by molar-refractivity contribution is 0.153. The molecule has 0 spiro atoms. The van der Waals surface area contributed by atoms with Crippen molar-refractivity contribution >= 4 is 0 Å². The van der Waals surface area contributed by atoms with E-state index in [0.717, 1.165) is 18.4 Å². The fraction of sp³-hybridized carbons (Fsp3) is 0.412. The van der Waals surface area contributed by atoms with Crippen LogP contribution in [0.5, 0.6) is 0 Å². The molecule has 0 aliphatic rings. The van der Waals surface area contributed by atoms with E-state index in [4.69, 9.17) is 0 Å². The third-order valence-corrected chi connectivity index (χ3v) is 3.59. The molecule has 1 aromatic heterocycles. The van der Waals surface area contributed by atoms with Gasteiger partial charge in [-0.2, -0.15) is 0 Å². The van der Waals surface area contributed by atoms with Gasteiger partial charge in [0.05, 0.1) is 12.6 Å². The van der Waals surface area contributed by atoms with Crippen molar-refractivity contribution in [1.82, 2.24) is 9.55 Å². The van der Waals surface area contributed by atoms with Crippen LogP contribution in [-0.4, -0.2) is 14.7 Å². The molecule has 0 fully saturated rings. The van der Waals surface area contributed by atoms with Gasteiger partial charge >= 0.3 is 0 Å². The lowest BCUT2D eigenvalue weighted by Crippen LogP contribution is -2.26. The van der Waals surface area contributed by atoms with Crippen molar-refractivity contribution in [3.8, 4) is 0 Å². The van der Waals surface area contributed by atoms with E-state index in [2.05, 4.69) is 11.9 Å². The van der Waals surface area contributed by atoms with Crippen molar-refractivity contribution in [3.05, 3.63) is 63.3 Å². The van der Waals surface area contributed by atoms with E-state index in [1.807, 2.05) is 24.3 Å². The molecular formula is C17H22N2O2. The number of nitrogens with zero attached hydrogens (tertiary/aromatic N) is 2. The van der Waals surface area contributed by atoms with Gasteiger partial charge in [-0.15, -0.1) is 0 Å². The summed E-state index contributed by atoms with van der Waals surface area (Å²) in [5, 5.41) is 10.3. The minimum absolute atomic E-state index is 0.123. The number of aryl methyl sites for hydroxylation is 3. The maximum atomic E-state index is 12.0. The van der Waals surface area contributed by atoms with Gasteiger partial charge in [0, 0.05) is 11.8 Å². The SMILES string of the molecule is CCCc1ccc(C(O)Cn2c(C)nc(C)cc2=O)cc1. The number of hydrogen-bond acceptors (Lipinski definition) is 3. The zero-order valence-corrected chi connectivity index (χ0v) is 12.8. The predicted molar refractivity (Wildman–Crippen MR) is 83.4 cm³/mol. The molecule has 0 saturated carbocycles. The average molecular weight is 286 g/mol. The average Bonchev–Trinajstić information content (AvgIpc) is 2.43. The Morgan fingerprint density at radius 2 is 1.90 bits per heavy atom. The summed E-state index contributed by atoms with van der Waals surface area (Å²) >= 11 is 0. The van der Waals surface area contributed by atoms with Crippen LogP contribution in [0.3, 0.4) is 0 Å². The minimum atomic E-state index is -0.707. The molecule has 0 aliphatic carbocycles. The highest BCUT2D eigenvalue weighted by molar-refractivity contribution is 5.24. The van der Waals surface area contributed by atoms with Crippen molar-refractivity contribution in [2.75, 3.05) is 0 Å². The van der Waals surface area contributed by atoms with Gasteiger partial charge in [-0.25, -0.2) is 4.98 Å². The molecule has 1 heterocycles. The van der Waals surface area contributed by atoms with Gasteiger partial charge in [0.15, 0.2) is 0 Å². The van der Waals surface area contributed by atoms with Gasteiger partial charge in [-0.05, 0) is 31.4 Å². The van der Waals surface area contributed by atoms with Crippen LogP contribution in [0, 0.1) is 13.8 Å². The first-order valence-corrected chi connectivity index (χ1v) is 7.33. The van der Waals surface area contributed by atoms with E-state index >= 15 is 0 Å². The summed E-state index contributed by atoms with van der Waals surface area (Å²) in [6.45, 7) is 5.94. The Morgan fingerprint density at radius 1 is 1.24 bits per heavy atom. The number of aliphatic hydroxyl groups is 1. The molecule has 112 valence electrons. The topological polar surface area (TPSA) is 55.1 Å². The summed E-state index contributed by atoms with van der Waals surface area (Å²) in [5.41, 5.74) is 2.66. The number of rotatable bonds is 5. The summed E-state index contributed by atoms with van der Waals surface area (Å²) in [5.74, 6) is 0.627. The second-order valence-electron chi connectivity index (χ2n) is 5.40. The van der Waals surface area contributed by atoms with Crippen LogP contribution in [0.25, 0.3) is 0 Å². The molecule has 4 nitrogen and oxygen atoms in total. The van der Waals surface area contributed by atoms with E-state index in [-0.39, 0.29) is 12.1 Å². The van der Waals surface area contributed by atoms with Gasteiger partial charge in [-0.1, -0.05) is 37.6 Å². The van der Waals surface area contributed by atoms with E-state index in [9.17, 15) is 9.90 Å². The predicted octanol–water partition coefficient (Wildman–Crippen LogP) is 2.55. The van der Waals surface area contributed by atoms with Crippen molar-refractivity contribution in [3.63, 3.8) is 0 Å². The zero-order valence-electron chi connectivity index (χ0n) is 12.8. The highest BCUT2D eigenvalue weighted by Crippen LogP contribution is 2.16. The fourth-order valence-corrected chi connectivity index (χ4v) is 2.46. The fourth-order valence-electron chi connectivity index (χ4n) is 2.46. The number of hydrogen-bond donors (Lipinski definition) is 1. The summed E-state index contributed by atoms with van der Waals surface area (Å²) in [4.78, 5) is 16.3. The second kappa shape index (κ2) is 6.68. The van der Waals surface area contributed by atoms with Crippen LogP contribution >= 0.6 is 0 Å². The maximum Gasteiger partial charge on any atom is 0.253 e. The summed E-state index contributed by atoms with van der Waals surface area (Å²) in [6, 6.07) is 9.41. The lowest BCUT2D eigenvalue weighted by atomic mass is 10.0. The van der Waals surface area contributed by atoms with Crippen LogP contribution in [0.1, 0.15) is 42.1 Å². The Kier molecular flexibility index (Phi) is 4.91. The standard InChI is InChI=1S/C17H22N2O2/c1-4-5-14-6-8-15(9-7-14)16(20)11-19-13(3)18-12(2)10-17(19)21/h6-10,16,20H,4-5,11H2,1-3H3. The van der Waals surface area contributed by atoms with Crippen molar-refractivity contribution in [2.45, 2.75) is 46.3 Å². The van der Waals surface area contributed by atoms with Gasteiger partial charge in [0.1, 0.15) is 5.82 Å². The second-order valence-corrected chi connectivity index (χ2v) is 5.40. The molecule has 1 N–H and O–H groups in total. The van der Waals surface area contributed by atoms with Crippen LogP contribution in [0.2, 0.25) is 0 Å². The molecule has 0 radical (unpaired) electrons. The lowest BCUT2D eigenvalue weighted by Gasteiger charge is -2.15. The number of aliphatic hydroxyl groups excluding tert-OH is 1. The molecule has 0 saturated heterocycles. The summed E-state index contributed by atoms with van der Waals surface area (Å²) in [6.07, 6.45) is 1.43. The number of aromatic nitrogens is 2. The quantitative estimate of drug-likeness (QED) is 0.919. The Bertz CT molecular complexity index is 659. The van der Waals surface area contributed by atoms with Gasteiger partial charge in [-0.3, -0.25) is 9.36 Å². The molecule has 4 heteroatoms. The summed E-state index contributed by atoms with van der Waals surface area (Å²) < 4.78 is 1.51. The molecule has 0 bridgehead atoms. The Morgan fingerprint density at radius 3 is 2.48 bits per heavy atom. The van der Waals surface area contributed by atoms with Gasteiger partial charge < -0.3 is 5.11 Å². The van der Waals surface area contributed by atoms with Crippen LogP contribution in [-0.2, 0) is 13.0 Å². The maximum absolute atomic E-state index is 12.0.